The standard InChI is InChI=1S/C25H25F2N7O3/c1-33-11-15-22(32-33)17(27)9-19(23(15)34-10-13(28)8-14(34)12-35)31-25(36)18-6-7-29-24(30-18)21-16(26)4-3-5-20(21)37-2/h3-7,9,11,13-14,35H,8,10,12,28H2,1-2H3,(H,31,36)/t13-,14-/m0/s1. The Morgan fingerprint density at radius 2 is 2.11 bits per heavy atom. The molecule has 2 aromatic heterocycles. The third kappa shape index (κ3) is 4.45. The Hall–Kier alpha value is -4.16. The summed E-state index contributed by atoms with van der Waals surface area (Å²) < 4.78 is 36.3. The fourth-order valence-corrected chi connectivity index (χ4v) is 4.73. The van der Waals surface area contributed by atoms with Crippen LogP contribution in [0.15, 0.2) is 42.7 Å². The summed E-state index contributed by atoms with van der Waals surface area (Å²) in [6, 6.07) is 6.31. The molecule has 10 nitrogen and oxygen atoms in total. The number of anilines is 2. The second-order valence-electron chi connectivity index (χ2n) is 8.84. The minimum absolute atomic E-state index is 0.0139. The molecule has 192 valence electrons. The molecule has 0 radical (unpaired) electrons. The molecule has 12 heteroatoms. The third-order valence-electron chi connectivity index (χ3n) is 6.34. The quantitative estimate of drug-likeness (QED) is 0.361. The molecule has 1 amide bonds. The number of nitrogens with one attached hydrogen (secondary N) is 1. The first-order chi connectivity index (χ1) is 17.8. The Morgan fingerprint density at radius 1 is 1.30 bits per heavy atom. The van der Waals surface area contributed by atoms with Crippen molar-refractivity contribution in [2.45, 2.75) is 18.5 Å². The van der Waals surface area contributed by atoms with E-state index in [0.29, 0.717) is 24.0 Å². The van der Waals surface area contributed by atoms with Crippen LogP contribution in [0.1, 0.15) is 16.9 Å². The number of carbonyl (C=O) groups is 1. The van der Waals surface area contributed by atoms with Gasteiger partial charge in [0.15, 0.2) is 11.6 Å². The number of hydrogen-bond acceptors (Lipinski definition) is 8. The number of aliphatic hydroxyl groups excluding tert-OH is 1. The second-order valence-corrected chi connectivity index (χ2v) is 8.84. The highest BCUT2D eigenvalue weighted by atomic mass is 19.1. The molecule has 3 heterocycles. The molecule has 4 aromatic rings. The van der Waals surface area contributed by atoms with Crippen LogP contribution in [0.2, 0.25) is 0 Å². The number of ether oxygens (including phenoxy) is 1. The Morgan fingerprint density at radius 3 is 2.86 bits per heavy atom. The first kappa shape index (κ1) is 24.5. The van der Waals surface area contributed by atoms with Crippen LogP contribution in [0.25, 0.3) is 22.3 Å². The summed E-state index contributed by atoms with van der Waals surface area (Å²) in [7, 11) is 3.06. The number of halogens is 2. The predicted molar refractivity (Wildman–Crippen MR) is 133 cm³/mol. The lowest BCUT2D eigenvalue weighted by atomic mass is 10.1. The molecule has 0 unspecified atom stereocenters. The maximum absolute atomic E-state index is 15.0. The van der Waals surface area contributed by atoms with Gasteiger partial charge in [0, 0.05) is 43.5 Å². The predicted octanol–water partition coefficient (Wildman–Crippen LogP) is 2.47. The number of rotatable bonds is 6. The Kier molecular flexibility index (Phi) is 6.44. The van der Waals surface area contributed by atoms with Gasteiger partial charge in [-0.05, 0) is 24.6 Å². The number of aromatic nitrogens is 4. The van der Waals surface area contributed by atoms with Crippen molar-refractivity contribution in [3.63, 3.8) is 0 Å². The van der Waals surface area contributed by atoms with Crippen LogP contribution in [0, 0.1) is 11.6 Å². The second kappa shape index (κ2) is 9.71. The van der Waals surface area contributed by atoms with Gasteiger partial charge in [-0.3, -0.25) is 9.48 Å². The molecule has 0 bridgehead atoms. The lowest BCUT2D eigenvalue weighted by Crippen LogP contribution is -2.34. The summed E-state index contributed by atoms with van der Waals surface area (Å²) in [5, 5.41) is 17.4. The van der Waals surface area contributed by atoms with Crippen molar-refractivity contribution in [3.05, 3.63) is 60.1 Å². The minimum atomic E-state index is -0.660. The van der Waals surface area contributed by atoms with Crippen molar-refractivity contribution in [2.24, 2.45) is 12.8 Å². The number of carbonyl (C=O) groups excluding carboxylic acids is 1. The number of aliphatic hydroxyl groups is 1. The van der Waals surface area contributed by atoms with E-state index in [1.165, 1.54) is 42.3 Å². The maximum Gasteiger partial charge on any atom is 0.274 e. The number of nitrogens with two attached hydrogens (primary N) is 1. The van der Waals surface area contributed by atoms with Gasteiger partial charge in [0.1, 0.15) is 22.8 Å². The van der Waals surface area contributed by atoms with Crippen molar-refractivity contribution in [3.8, 4) is 17.1 Å². The third-order valence-corrected chi connectivity index (χ3v) is 6.34. The molecule has 5 rings (SSSR count). The summed E-state index contributed by atoms with van der Waals surface area (Å²) in [6.07, 6.45) is 3.51. The van der Waals surface area contributed by atoms with E-state index in [0.717, 1.165) is 0 Å². The van der Waals surface area contributed by atoms with Gasteiger partial charge < -0.3 is 25.8 Å². The van der Waals surface area contributed by atoms with Gasteiger partial charge >= 0.3 is 0 Å². The highest BCUT2D eigenvalue weighted by Gasteiger charge is 2.33. The molecule has 1 saturated heterocycles. The fraction of sp³-hybridized carbons (Fsp3) is 0.280. The highest BCUT2D eigenvalue weighted by molar-refractivity contribution is 6.09. The summed E-state index contributed by atoms with van der Waals surface area (Å²) >= 11 is 0. The average molecular weight is 510 g/mol. The van der Waals surface area contributed by atoms with E-state index in [4.69, 9.17) is 10.5 Å². The van der Waals surface area contributed by atoms with Crippen LogP contribution in [0.5, 0.6) is 5.75 Å². The molecule has 2 atom stereocenters. The SMILES string of the molecule is COc1cccc(F)c1-c1nccc(C(=O)Nc2cc(F)c3nn(C)cc3c2N2C[C@@H](N)C[C@H]2CO)n1. The molecule has 1 aliphatic rings. The van der Waals surface area contributed by atoms with Crippen LogP contribution in [0.4, 0.5) is 20.2 Å². The molecular weight excluding hydrogens is 484 g/mol. The zero-order chi connectivity index (χ0) is 26.3. The van der Waals surface area contributed by atoms with Crippen molar-refractivity contribution >= 4 is 28.2 Å². The monoisotopic (exact) mass is 509 g/mol. The molecule has 4 N–H and O–H groups in total. The van der Waals surface area contributed by atoms with E-state index in [1.54, 1.807) is 19.3 Å². The van der Waals surface area contributed by atoms with Crippen LogP contribution >= 0.6 is 0 Å². The lowest BCUT2D eigenvalue weighted by Gasteiger charge is -2.28. The molecule has 0 spiro atoms. The van der Waals surface area contributed by atoms with E-state index in [-0.39, 0.29) is 52.7 Å². The smallest absolute Gasteiger partial charge is 0.274 e. The van der Waals surface area contributed by atoms with E-state index < -0.39 is 17.5 Å². The summed E-state index contributed by atoms with van der Waals surface area (Å²) in [6.45, 7) is 0.231. The van der Waals surface area contributed by atoms with E-state index >= 15 is 4.39 Å². The summed E-state index contributed by atoms with van der Waals surface area (Å²) in [5.41, 5.74) is 6.90. The topological polar surface area (TPSA) is 131 Å². The van der Waals surface area contributed by atoms with Gasteiger partial charge in [0.25, 0.3) is 5.91 Å². The Balaban J connectivity index is 1.57. The van der Waals surface area contributed by atoms with Crippen LogP contribution < -0.4 is 20.7 Å². The normalized spacial score (nSPS) is 17.4. The molecule has 37 heavy (non-hydrogen) atoms. The van der Waals surface area contributed by atoms with Gasteiger partial charge in [-0.2, -0.15) is 5.10 Å². The summed E-state index contributed by atoms with van der Waals surface area (Å²) in [4.78, 5) is 23.5. The number of amides is 1. The van der Waals surface area contributed by atoms with E-state index in [2.05, 4.69) is 20.4 Å². The summed E-state index contributed by atoms with van der Waals surface area (Å²) in [5.74, 6) is -1.72. The van der Waals surface area contributed by atoms with Crippen LogP contribution in [0.3, 0.4) is 0 Å². The van der Waals surface area contributed by atoms with E-state index in [9.17, 15) is 14.3 Å². The highest BCUT2D eigenvalue weighted by Crippen LogP contribution is 2.40. The maximum atomic E-state index is 15.0. The fourth-order valence-electron chi connectivity index (χ4n) is 4.73. The van der Waals surface area contributed by atoms with E-state index in [1.807, 2.05) is 4.90 Å². The van der Waals surface area contributed by atoms with Gasteiger partial charge in [-0.25, -0.2) is 18.7 Å². The molecular formula is C25H25F2N7O3. The number of fused-ring (bicyclic) bond motifs is 1. The molecule has 0 aliphatic carbocycles. The lowest BCUT2D eigenvalue weighted by molar-refractivity contribution is 0.102. The number of nitrogens with zero attached hydrogens (tertiary/aromatic N) is 5. The van der Waals surface area contributed by atoms with Crippen molar-refractivity contribution in [1.29, 1.82) is 0 Å². The Bertz CT molecular complexity index is 1490. The zero-order valence-electron chi connectivity index (χ0n) is 20.2. The zero-order valence-corrected chi connectivity index (χ0v) is 20.2. The van der Waals surface area contributed by atoms with Gasteiger partial charge in [-0.1, -0.05) is 6.07 Å². The number of aryl methyl sites for hydroxylation is 1. The van der Waals surface area contributed by atoms with Crippen molar-refractivity contribution in [2.75, 3.05) is 30.5 Å². The first-order valence-electron chi connectivity index (χ1n) is 11.6. The van der Waals surface area contributed by atoms with Gasteiger partial charge in [0.2, 0.25) is 0 Å². The first-order valence-corrected chi connectivity index (χ1v) is 11.6. The Labute approximate surface area is 210 Å². The number of methoxy groups -OCH3 is 1. The van der Waals surface area contributed by atoms with Gasteiger partial charge in [-0.15, -0.1) is 0 Å². The number of benzene rings is 2. The number of hydrogen-bond donors (Lipinski definition) is 3. The average Bonchev–Trinajstić information content (AvgIpc) is 3.46. The molecule has 2 aromatic carbocycles. The largest absolute Gasteiger partial charge is 0.496 e. The molecule has 1 aliphatic heterocycles. The molecule has 0 saturated carbocycles. The van der Waals surface area contributed by atoms with Crippen molar-refractivity contribution < 1.29 is 23.4 Å². The minimum Gasteiger partial charge on any atom is -0.496 e. The van der Waals surface area contributed by atoms with Crippen molar-refractivity contribution in [1.82, 2.24) is 19.7 Å². The van der Waals surface area contributed by atoms with Gasteiger partial charge in [0.05, 0.1) is 36.7 Å². The molecule has 1 fully saturated rings. The van der Waals surface area contributed by atoms with Crippen LogP contribution in [-0.2, 0) is 7.05 Å². The van der Waals surface area contributed by atoms with Crippen LogP contribution in [-0.4, -0.2) is 63.1 Å².